The van der Waals surface area contributed by atoms with Crippen LogP contribution in [0.2, 0.25) is 0 Å². The minimum absolute atomic E-state index is 0.142. The van der Waals surface area contributed by atoms with Crippen LogP contribution in [0.15, 0.2) is 30.3 Å². The van der Waals surface area contributed by atoms with Crippen LogP contribution in [0, 0.1) is 5.82 Å². The number of anilines is 1. The van der Waals surface area contributed by atoms with E-state index in [2.05, 4.69) is 5.10 Å². The van der Waals surface area contributed by atoms with Gasteiger partial charge in [-0.25, -0.2) is 23.5 Å². The number of rotatable bonds is 4. The number of hydrogen-bond donors (Lipinski definition) is 0. The zero-order chi connectivity index (χ0) is 24.3. The molecule has 0 saturated heterocycles. The highest BCUT2D eigenvalue weighted by molar-refractivity contribution is 6.09. The van der Waals surface area contributed by atoms with E-state index < -0.39 is 35.2 Å². The van der Waals surface area contributed by atoms with Gasteiger partial charge in [0.05, 0.1) is 13.7 Å². The van der Waals surface area contributed by atoms with Crippen LogP contribution in [-0.4, -0.2) is 46.2 Å². The molecule has 0 aliphatic rings. The minimum Gasteiger partial charge on any atom is -0.464 e. The molecule has 2 amide bonds. The summed E-state index contributed by atoms with van der Waals surface area (Å²) in [7, 11) is 1.16. The lowest BCUT2D eigenvalue weighted by Gasteiger charge is -2.28. The van der Waals surface area contributed by atoms with Gasteiger partial charge < -0.3 is 14.2 Å². The Balaban J connectivity index is 2.62. The van der Waals surface area contributed by atoms with Crippen LogP contribution in [0.4, 0.5) is 19.8 Å². The topological polar surface area (TPSA) is 100.0 Å². The molecule has 32 heavy (non-hydrogen) atoms. The first kappa shape index (κ1) is 24.8. The van der Waals surface area contributed by atoms with Crippen molar-refractivity contribution in [2.45, 2.75) is 59.3 Å². The van der Waals surface area contributed by atoms with E-state index >= 15 is 0 Å². The molecule has 1 aromatic heterocycles. The molecule has 1 aromatic carbocycles. The second-order valence-electron chi connectivity index (χ2n) is 8.92. The van der Waals surface area contributed by atoms with Gasteiger partial charge in [0.15, 0.2) is 5.69 Å². The van der Waals surface area contributed by atoms with Crippen molar-refractivity contribution < 1.29 is 33.0 Å². The van der Waals surface area contributed by atoms with Crippen LogP contribution in [0.5, 0.6) is 0 Å². The Kier molecular flexibility index (Phi) is 7.27. The first-order valence-corrected chi connectivity index (χ1v) is 9.87. The van der Waals surface area contributed by atoms with Crippen molar-refractivity contribution in [2.75, 3.05) is 12.0 Å². The molecule has 2 rings (SSSR count). The Morgan fingerprint density at radius 2 is 1.53 bits per heavy atom. The summed E-state index contributed by atoms with van der Waals surface area (Å²) in [6.07, 6.45) is -2.09. The second-order valence-corrected chi connectivity index (χ2v) is 8.92. The van der Waals surface area contributed by atoms with Gasteiger partial charge in [-0.3, -0.25) is 0 Å². The smallest absolute Gasteiger partial charge is 0.425 e. The summed E-state index contributed by atoms with van der Waals surface area (Å²) in [6, 6.07) is 7.11. The van der Waals surface area contributed by atoms with E-state index in [1.165, 1.54) is 24.3 Å². The van der Waals surface area contributed by atoms with Crippen LogP contribution >= 0.6 is 0 Å². The van der Waals surface area contributed by atoms with Crippen LogP contribution in [0.3, 0.4) is 0 Å². The minimum atomic E-state index is -1.04. The molecule has 10 heteroatoms. The number of ether oxygens (including phenoxy) is 3. The highest BCUT2D eigenvalue weighted by Gasteiger charge is 2.36. The van der Waals surface area contributed by atoms with Crippen molar-refractivity contribution >= 4 is 24.0 Å². The van der Waals surface area contributed by atoms with E-state index in [-0.39, 0.29) is 23.6 Å². The Hall–Kier alpha value is -3.43. The summed E-state index contributed by atoms with van der Waals surface area (Å²) >= 11 is 0. The van der Waals surface area contributed by atoms with Gasteiger partial charge in [-0.1, -0.05) is 18.2 Å². The Morgan fingerprint density at radius 3 is 2.00 bits per heavy atom. The molecule has 174 valence electrons. The van der Waals surface area contributed by atoms with Crippen LogP contribution < -0.4 is 4.90 Å². The number of amides is 2. The summed E-state index contributed by atoms with van der Waals surface area (Å²) < 4.78 is 30.8. The normalized spacial score (nSPS) is 11.6. The zero-order valence-corrected chi connectivity index (χ0v) is 19.3. The van der Waals surface area contributed by atoms with E-state index in [0.29, 0.717) is 4.90 Å². The maximum Gasteiger partial charge on any atom is 0.425 e. The van der Waals surface area contributed by atoms with Crippen molar-refractivity contribution in [3.05, 3.63) is 47.4 Å². The molecule has 0 saturated carbocycles. The van der Waals surface area contributed by atoms with E-state index in [0.717, 1.165) is 11.8 Å². The first-order valence-electron chi connectivity index (χ1n) is 9.87. The molecular weight excluding hydrogens is 421 g/mol. The van der Waals surface area contributed by atoms with Gasteiger partial charge in [-0.2, -0.15) is 10.00 Å². The largest absolute Gasteiger partial charge is 0.464 e. The summed E-state index contributed by atoms with van der Waals surface area (Å²) in [5.74, 6) is -1.46. The number of benzene rings is 1. The van der Waals surface area contributed by atoms with Gasteiger partial charge in [-0.05, 0) is 47.6 Å². The molecule has 2 aromatic rings. The number of carbonyl (C=O) groups is 3. The monoisotopic (exact) mass is 449 g/mol. The lowest BCUT2D eigenvalue weighted by atomic mass is 10.2. The van der Waals surface area contributed by atoms with Crippen LogP contribution in [0.1, 0.15) is 57.6 Å². The molecule has 0 atom stereocenters. The van der Waals surface area contributed by atoms with Crippen molar-refractivity contribution in [3.8, 4) is 0 Å². The molecule has 0 fully saturated rings. The third-order valence-electron chi connectivity index (χ3n) is 3.81. The molecule has 1 heterocycles. The number of methoxy groups -OCH3 is 1. The van der Waals surface area contributed by atoms with Crippen molar-refractivity contribution in [3.63, 3.8) is 0 Å². The van der Waals surface area contributed by atoms with Gasteiger partial charge >= 0.3 is 18.2 Å². The molecule has 9 nitrogen and oxygen atoms in total. The molecule has 0 radical (unpaired) electrons. The number of hydrogen-bond acceptors (Lipinski definition) is 7. The fraction of sp³-hybridized carbons (Fsp3) is 0.455. The first-order chi connectivity index (χ1) is 14.7. The lowest BCUT2D eigenvalue weighted by molar-refractivity contribution is 0.0425. The number of imide groups is 1. The highest BCUT2D eigenvalue weighted by Crippen LogP contribution is 2.25. The Bertz CT molecular complexity index is 976. The molecule has 0 spiro atoms. The quantitative estimate of drug-likeness (QED) is 0.499. The summed E-state index contributed by atoms with van der Waals surface area (Å²) in [5, 5.41) is 4.11. The van der Waals surface area contributed by atoms with Crippen LogP contribution in [0.25, 0.3) is 0 Å². The number of aromatic nitrogens is 2. The van der Waals surface area contributed by atoms with Gasteiger partial charge in [0.2, 0.25) is 0 Å². The summed E-state index contributed by atoms with van der Waals surface area (Å²) in [6.45, 7) is 9.62. The molecule has 0 unspecified atom stereocenters. The molecule has 0 N–H and O–H groups in total. The standard InChI is InChI=1S/C22H28FN3O6/c1-21(2,3)31-19(28)26(20(29)32-22(4,5)6)17-12-16(18(27)30-7)24-25(17)13-14-10-8-9-11-15(14)23/h8-12H,13H2,1-7H3. The average Bonchev–Trinajstić information content (AvgIpc) is 3.03. The zero-order valence-electron chi connectivity index (χ0n) is 19.3. The van der Waals surface area contributed by atoms with Gasteiger partial charge in [-0.15, -0.1) is 0 Å². The molecule has 0 aliphatic heterocycles. The van der Waals surface area contributed by atoms with Crippen molar-refractivity contribution in [1.82, 2.24) is 9.78 Å². The van der Waals surface area contributed by atoms with Gasteiger partial charge in [0.25, 0.3) is 0 Å². The number of esters is 1. The van der Waals surface area contributed by atoms with Gasteiger partial charge in [0, 0.05) is 11.6 Å². The predicted octanol–water partition coefficient (Wildman–Crippen LogP) is 4.53. The third kappa shape index (κ3) is 6.53. The highest BCUT2D eigenvalue weighted by atomic mass is 19.1. The number of carbonyl (C=O) groups excluding carboxylic acids is 3. The second kappa shape index (κ2) is 9.37. The molecular formula is C22H28FN3O6. The Morgan fingerprint density at radius 1 is 1.00 bits per heavy atom. The van der Waals surface area contributed by atoms with E-state index in [9.17, 15) is 18.8 Å². The third-order valence-corrected chi connectivity index (χ3v) is 3.81. The molecule has 0 bridgehead atoms. The maximum atomic E-state index is 14.3. The van der Waals surface area contributed by atoms with E-state index in [4.69, 9.17) is 14.2 Å². The number of halogens is 1. The summed E-state index contributed by atoms with van der Waals surface area (Å²) in [5.41, 5.74) is -1.82. The van der Waals surface area contributed by atoms with Crippen molar-refractivity contribution in [2.24, 2.45) is 0 Å². The maximum absolute atomic E-state index is 14.3. The lowest BCUT2D eigenvalue weighted by Crippen LogP contribution is -2.44. The fourth-order valence-electron chi connectivity index (χ4n) is 2.57. The predicted molar refractivity (Wildman–Crippen MR) is 114 cm³/mol. The van der Waals surface area contributed by atoms with Gasteiger partial charge in [0.1, 0.15) is 22.8 Å². The summed E-state index contributed by atoms with van der Waals surface area (Å²) in [4.78, 5) is 38.7. The average molecular weight is 449 g/mol. The van der Waals surface area contributed by atoms with E-state index in [1.54, 1.807) is 47.6 Å². The van der Waals surface area contributed by atoms with Crippen LogP contribution in [-0.2, 0) is 20.8 Å². The Labute approximate surface area is 186 Å². The van der Waals surface area contributed by atoms with Crippen molar-refractivity contribution in [1.29, 1.82) is 0 Å². The SMILES string of the molecule is COC(=O)c1cc(N(C(=O)OC(C)(C)C)C(=O)OC(C)(C)C)n(Cc2ccccc2F)n1. The van der Waals surface area contributed by atoms with E-state index in [1.807, 2.05) is 0 Å². The molecule has 0 aliphatic carbocycles. The number of nitrogens with zero attached hydrogens (tertiary/aromatic N) is 3. The fourth-order valence-corrected chi connectivity index (χ4v) is 2.57.